The van der Waals surface area contributed by atoms with Gasteiger partial charge in [-0.2, -0.15) is 0 Å². The molecule has 30 heavy (non-hydrogen) atoms. The van der Waals surface area contributed by atoms with Gasteiger partial charge in [0, 0.05) is 18.8 Å². The van der Waals surface area contributed by atoms with Crippen molar-refractivity contribution in [2.24, 2.45) is 0 Å². The molecule has 1 saturated heterocycles. The lowest BCUT2D eigenvalue weighted by Crippen LogP contribution is -2.42. The third-order valence-electron chi connectivity index (χ3n) is 4.90. The summed E-state index contributed by atoms with van der Waals surface area (Å²) in [5, 5.41) is 0. The van der Waals surface area contributed by atoms with Crippen LogP contribution in [0.4, 0.5) is 15.4 Å². The highest BCUT2D eigenvalue weighted by molar-refractivity contribution is 5.87. The zero-order valence-corrected chi connectivity index (χ0v) is 19.7. The molecule has 1 aromatic rings. The highest BCUT2D eigenvalue weighted by Crippen LogP contribution is 2.33. The van der Waals surface area contributed by atoms with E-state index in [9.17, 15) is 9.59 Å². The molecule has 2 atom stereocenters. The van der Waals surface area contributed by atoms with Crippen molar-refractivity contribution in [2.45, 2.75) is 97.9 Å². The zero-order chi connectivity index (χ0) is 22.7. The van der Waals surface area contributed by atoms with Gasteiger partial charge in [0.1, 0.15) is 17.0 Å². The zero-order valence-electron chi connectivity index (χ0n) is 19.7. The van der Waals surface area contributed by atoms with E-state index in [1.54, 1.807) is 16.0 Å². The van der Waals surface area contributed by atoms with E-state index in [2.05, 4.69) is 4.98 Å². The molecule has 0 aliphatic carbocycles. The Hall–Kier alpha value is -2.31. The van der Waals surface area contributed by atoms with Crippen LogP contribution in [0.15, 0.2) is 18.3 Å². The molecule has 2 rings (SSSR count). The van der Waals surface area contributed by atoms with Gasteiger partial charge in [0.25, 0.3) is 0 Å². The number of pyridine rings is 1. The van der Waals surface area contributed by atoms with Crippen LogP contribution < -0.4 is 4.90 Å². The third-order valence-corrected chi connectivity index (χ3v) is 4.90. The summed E-state index contributed by atoms with van der Waals surface area (Å²) in [7, 11) is 0. The van der Waals surface area contributed by atoms with Gasteiger partial charge in [-0.1, -0.05) is 13.0 Å². The molecule has 7 heteroatoms. The van der Waals surface area contributed by atoms with Gasteiger partial charge in [-0.15, -0.1) is 0 Å². The molecule has 0 saturated carbocycles. The molecule has 2 amide bonds. The van der Waals surface area contributed by atoms with Crippen molar-refractivity contribution < 1.29 is 19.1 Å². The maximum Gasteiger partial charge on any atom is 0.416 e. The first-order valence-electron chi connectivity index (χ1n) is 10.8. The lowest BCUT2D eigenvalue weighted by atomic mass is 10.1. The number of carbonyl (C=O) groups is 2. The van der Waals surface area contributed by atoms with E-state index in [1.165, 1.54) is 0 Å². The SMILES string of the molecule is CCC(C)N(C(=O)OC(C)(C)C)c1ccc(C2CCCN2C(=O)OC(C)(C)C)cn1. The maximum absolute atomic E-state index is 12.8. The summed E-state index contributed by atoms with van der Waals surface area (Å²) in [6.07, 6.45) is 3.60. The molecule has 0 aromatic carbocycles. The van der Waals surface area contributed by atoms with E-state index < -0.39 is 17.3 Å². The molecule has 2 unspecified atom stereocenters. The second kappa shape index (κ2) is 9.23. The Labute approximate surface area is 180 Å². The van der Waals surface area contributed by atoms with Gasteiger partial charge < -0.3 is 14.4 Å². The fourth-order valence-corrected chi connectivity index (χ4v) is 3.38. The van der Waals surface area contributed by atoms with Crippen molar-refractivity contribution in [1.29, 1.82) is 0 Å². The van der Waals surface area contributed by atoms with E-state index >= 15 is 0 Å². The van der Waals surface area contributed by atoms with Crippen LogP contribution in [0.3, 0.4) is 0 Å². The molecule has 1 fully saturated rings. The number of anilines is 1. The molecular formula is C23H37N3O4. The lowest BCUT2D eigenvalue weighted by Gasteiger charge is -2.31. The fourth-order valence-electron chi connectivity index (χ4n) is 3.38. The molecule has 168 valence electrons. The first kappa shape index (κ1) is 24.0. The number of aromatic nitrogens is 1. The molecular weight excluding hydrogens is 382 g/mol. The monoisotopic (exact) mass is 419 g/mol. The average Bonchev–Trinajstić information content (AvgIpc) is 3.09. The van der Waals surface area contributed by atoms with E-state index in [1.807, 2.05) is 67.5 Å². The van der Waals surface area contributed by atoms with Crippen LogP contribution >= 0.6 is 0 Å². The van der Waals surface area contributed by atoms with Crippen molar-refractivity contribution >= 4 is 18.0 Å². The van der Waals surface area contributed by atoms with Crippen molar-refractivity contribution in [3.05, 3.63) is 23.9 Å². The van der Waals surface area contributed by atoms with Gasteiger partial charge in [-0.25, -0.2) is 14.6 Å². The number of carbonyl (C=O) groups excluding carboxylic acids is 2. The standard InChI is InChI=1S/C23H37N3O4/c1-9-16(2)26(21(28)30-23(6,7)8)19-13-12-17(15-24-19)18-11-10-14-25(18)20(27)29-22(3,4)5/h12-13,15-16,18H,9-11,14H2,1-8H3. The van der Waals surface area contributed by atoms with Crippen molar-refractivity contribution in [3.63, 3.8) is 0 Å². The summed E-state index contributed by atoms with van der Waals surface area (Å²) in [5.41, 5.74) is -0.174. The van der Waals surface area contributed by atoms with E-state index in [4.69, 9.17) is 9.47 Å². The second-order valence-electron chi connectivity index (χ2n) is 9.89. The Bertz CT molecular complexity index is 734. The minimum atomic E-state index is -0.583. The van der Waals surface area contributed by atoms with Crippen LogP contribution in [0.25, 0.3) is 0 Å². The summed E-state index contributed by atoms with van der Waals surface area (Å²) in [4.78, 5) is 33.3. The van der Waals surface area contributed by atoms with E-state index in [-0.39, 0.29) is 18.2 Å². The first-order valence-corrected chi connectivity index (χ1v) is 10.8. The van der Waals surface area contributed by atoms with Crippen LogP contribution in [0, 0.1) is 0 Å². The molecule has 0 spiro atoms. The molecule has 0 N–H and O–H groups in total. The predicted molar refractivity (Wildman–Crippen MR) is 118 cm³/mol. The van der Waals surface area contributed by atoms with Gasteiger partial charge in [0.2, 0.25) is 0 Å². The number of amides is 2. The van der Waals surface area contributed by atoms with Crippen LogP contribution in [-0.2, 0) is 9.47 Å². The molecule has 1 aliphatic heterocycles. The maximum atomic E-state index is 12.8. The molecule has 0 bridgehead atoms. The number of rotatable bonds is 4. The summed E-state index contributed by atoms with van der Waals surface area (Å²) < 4.78 is 11.1. The smallest absolute Gasteiger partial charge is 0.416 e. The Kier molecular flexibility index (Phi) is 7.37. The van der Waals surface area contributed by atoms with Crippen LogP contribution in [0.2, 0.25) is 0 Å². The van der Waals surface area contributed by atoms with Gasteiger partial charge in [-0.3, -0.25) is 4.90 Å². The normalized spacial score (nSPS) is 18.1. The Morgan fingerprint density at radius 3 is 2.30 bits per heavy atom. The summed E-state index contributed by atoms with van der Waals surface area (Å²) in [6.45, 7) is 15.8. The minimum absolute atomic E-state index is 0.0528. The number of ether oxygens (including phenoxy) is 2. The molecule has 2 heterocycles. The number of hydrogen-bond acceptors (Lipinski definition) is 5. The Balaban J connectivity index is 2.22. The number of hydrogen-bond donors (Lipinski definition) is 0. The highest BCUT2D eigenvalue weighted by Gasteiger charge is 2.34. The molecule has 0 radical (unpaired) electrons. The summed E-state index contributed by atoms with van der Waals surface area (Å²) in [5.74, 6) is 0.546. The average molecular weight is 420 g/mol. The van der Waals surface area contributed by atoms with Gasteiger partial charge in [-0.05, 0) is 79.4 Å². The molecule has 1 aliphatic rings. The molecule has 1 aromatic heterocycles. The second-order valence-corrected chi connectivity index (χ2v) is 9.89. The van der Waals surface area contributed by atoms with Crippen molar-refractivity contribution in [2.75, 3.05) is 11.4 Å². The lowest BCUT2D eigenvalue weighted by molar-refractivity contribution is 0.0224. The van der Waals surface area contributed by atoms with Crippen LogP contribution in [0.1, 0.15) is 86.3 Å². The first-order chi connectivity index (χ1) is 13.8. The Morgan fingerprint density at radius 2 is 1.80 bits per heavy atom. The van der Waals surface area contributed by atoms with E-state index in [0.29, 0.717) is 12.4 Å². The van der Waals surface area contributed by atoms with Gasteiger partial charge >= 0.3 is 12.2 Å². The van der Waals surface area contributed by atoms with Crippen molar-refractivity contribution in [1.82, 2.24) is 9.88 Å². The Morgan fingerprint density at radius 1 is 1.17 bits per heavy atom. The third kappa shape index (κ3) is 6.34. The van der Waals surface area contributed by atoms with Gasteiger partial charge in [0.15, 0.2) is 0 Å². The topological polar surface area (TPSA) is 72.0 Å². The minimum Gasteiger partial charge on any atom is -0.444 e. The van der Waals surface area contributed by atoms with Gasteiger partial charge in [0.05, 0.1) is 6.04 Å². The predicted octanol–water partition coefficient (Wildman–Crippen LogP) is 5.69. The molecule has 7 nitrogen and oxygen atoms in total. The van der Waals surface area contributed by atoms with Crippen LogP contribution in [0.5, 0.6) is 0 Å². The largest absolute Gasteiger partial charge is 0.444 e. The summed E-state index contributed by atoms with van der Waals surface area (Å²) in [6, 6.07) is 3.65. The highest BCUT2D eigenvalue weighted by atomic mass is 16.6. The number of likely N-dealkylation sites (tertiary alicyclic amines) is 1. The quantitative estimate of drug-likeness (QED) is 0.626. The van der Waals surface area contributed by atoms with Crippen molar-refractivity contribution in [3.8, 4) is 0 Å². The number of nitrogens with zero attached hydrogens (tertiary/aromatic N) is 3. The fraction of sp³-hybridized carbons (Fsp3) is 0.696. The summed E-state index contributed by atoms with van der Waals surface area (Å²) >= 11 is 0. The van der Waals surface area contributed by atoms with E-state index in [0.717, 1.165) is 24.8 Å². The van der Waals surface area contributed by atoms with Crippen LogP contribution in [-0.4, -0.2) is 45.9 Å².